The molecule has 168 valence electrons. The molecule has 9 heteroatoms. The van der Waals surface area contributed by atoms with E-state index in [0.29, 0.717) is 23.6 Å². The van der Waals surface area contributed by atoms with Gasteiger partial charge in [-0.05, 0) is 50.2 Å². The minimum atomic E-state index is -0.765. The van der Waals surface area contributed by atoms with Gasteiger partial charge in [0.1, 0.15) is 5.75 Å². The lowest BCUT2D eigenvalue weighted by Crippen LogP contribution is -2.43. The van der Waals surface area contributed by atoms with Crippen LogP contribution in [0.3, 0.4) is 0 Å². The fourth-order valence-corrected chi connectivity index (χ4v) is 3.12. The zero-order valence-corrected chi connectivity index (χ0v) is 17.9. The summed E-state index contributed by atoms with van der Waals surface area (Å²) in [6.07, 6.45) is -0.104. The molecule has 0 bridgehead atoms. The van der Waals surface area contributed by atoms with Crippen molar-refractivity contribution in [2.75, 3.05) is 25.1 Å². The summed E-state index contributed by atoms with van der Waals surface area (Å²) < 4.78 is 10.4. The SMILES string of the molecule is CCOc1ccc(NC(=O)COC(=O)[C@H]2CC(=O)N(NC(=O)c3ccc(C)cc3)C2)cc1. The van der Waals surface area contributed by atoms with Crippen molar-refractivity contribution in [3.63, 3.8) is 0 Å². The quantitative estimate of drug-likeness (QED) is 0.609. The van der Waals surface area contributed by atoms with Gasteiger partial charge in [-0.25, -0.2) is 0 Å². The molecule has 1 atom stereocenters. The van der Waals surface area contributed by atoms with Crippen LogP contribution in [0.5, 0.6) is 5.75 Å². The molecule has 2 aromatic rings. The molecule has 1 aliphatic rings. The number of carbonyl (C=O) groups is 4. The third-order valence-corrected chi connectivity index (χ3v) is 4.80. The maximum Gasteiger partial charge on any atom is 0.311 e. The van der Waals surface area contributed by atoms with E-state index in [-0.39, 0.29) is 13.0 Å². The van der Waals surface area contributed by atoms with Crippen LogP contribution in [-0.2, 0) is 19.1 Å². The Kier molecular flexibility index (Phi) is 7.43. The zero-order chi connectivity index (χ0) is 23.1. The molecule has 0 aliphatic carbocycles. The molecule has 0 saturated carbocycles. The number of anilines is 1. The number of nitrogens with zero attached hydrogens (tertiary/aromatic N) is 1. The average molecular weight is 439 g/mol. The number of esters is 1. The summed E-state index contributed by atoms with van der Waals surface area (Å²) >= 11 is 0. The first-order chi connectivity index (χ1) is 15.4. The van der Waals surface area contributed by atoms with Crippen molar-refractivity contribution in [1.29, 1.82) is 0 Å². The molecule has 2 aromatic carbocycles. The molecular weight excluding hydrogens is 414 g/mol. The summed E-state index contributed by atoms with van der Waals surface area (Å²) in [5.74, 6) is -2.10. The Balaban J connectivity index is 1.45. The number of nitrogens with one attached hydrogen (secondary N) is 2. The maximum atomic E-state index is 12.3. The normalized spacial score (nSPS) is 15.2. The molecule has 1 saturated heterocycles. The van der Waals surface area contributed by atoms with Gasteiger partial charge in [0, 0.05) is 17.7 Å². The molecule has 1 fully saturated rings. The van der Waals surface area contributed by atoms with Gasteiger partial charge in [-0.15, -0.1) is 0 Å². The van der Waals surface area contributed by atoms with E-state index in [4.69, 9.17) is 9.47 Å². The highest BCUT2D eigenvalue weighted by atomic mass is 16.5. The Bertz CT molecular complexity index is 988. The lowest BCUT2D eigenvalue weighted by molar-refractivity contribution is -0.151. The number of hydrazine groups is 1. The Morgan fingerprint density at radius 3 is 2.41 bits per heavy atom. The highest BCUT2D eigenvalue weighted by molar-refractivity contribution is 5.97. The van der Waals surface area contributed by atoms with Gasteiger partial charge in [-0.3, -0.25) is 29.6 Å². The van der Waals surface area contributed by atoms with Crippen molar-refractivity contribution in [3.05, 3.63) is 59.7 Å². The smallest absolute Gasteiger partial charge is 0.311 e. The molecule has 3 amide bonds. The molecule has 3 rings (SSSR count). The van der Waals surface area contributed by atoms with Crippen LogP contribution in [0, 0.1) is 12.8 Å². The van der Waals surface area contributed by atoms with E-state index in [0.717, 1.165) is 10.6 Å². The predicted octanol–water partition coefficient (Wildman–Crippen LogP) is 2.07. The van der Waals surface area contributed by atoms with Gasteiger partial charge in [-0.1, -0.05) is 17.7 Å². The highest BCUT2D eigenvalue weighted by Gasteiger charge is 2.36. The Morgan fingerprint density at radius 1 is 1.06 bits per heavy atom. The summed E-state index contributed by atoms with van der Waals surface area (Å²) in [7, 11) is 0. The molecule has 0 unspecified atom stereocenters. The second-order valence-corrected chi connectivity index (χ2v) is 7.33. The largest absolute Gasteiger partial charge is 0.494 e. The summed E-state index contributed by atoms with van der Waals surface area (Å²) in [6, 6.07) is 13.7. The van der Waals surface area contributed by atoms with Crippen LogP contribution < -0.4 is 15.5 Å². The van der Waals surface area contributed by atoms with E-state index >= 15 is 0 Å². The topological polar surface area (TPSA) is 114 Å². The van der Waals surface area contributed by atoms with Gasteiger partial charge in [0.25, 0.3) is 11.8 Å². The molecule has 9 nitrogen and oxygen atoms in total. The second-order valence-electron chi connectivity index (χ2n) is 7.33. The first kappa shape index (κ1) is 22.8. The van der Waals surface area contributed by atoms with Crippen LogP contribution in [0.2, 0.25) is 0 Å². The van der Waals surface area contributed by atoms with Crippen molar-refractivity contribution < 1.29 is 28.7 Å². The van der Waals surface area contributed by atoms with Gasteiger partial charge < -0.3 is 14.8 Å². The summed E-state index contributed by atoms with van der Waals surface area (Å²) in [5, 5.41) is 3.72. The highest BCUT2D eigenvalue weighted by Crippen LogP contribution is 2.19. The molecule has 32 heavy (non-hydrogen) atoms. The minimum absolute atomic E-state index is 0.0181. The lowest BCUT2D eigenvalue weighted by Gasteiger charge is -2.17. The van der Waals surface area contributed by atoms with E-state index in [9.17, 15) is 19.2 Å². The van der Waals surface area contributed by atoms with Gasteiger partial charge in [0.2, 0.25) is 5.91 Å². The third-order valence-electron chi connectivity index (χ3n) is 4.80. The second kappa shape index (κ2) is 10.4. The molecule has 1 aliphatic heterocycles. The van der Waals surface area contributed by atoms with Crippen molar-refractivity contribution in [1.82, 2.24) is 10.4 Å². The number of carbonyl (C=O) groups excluding carboxylic acids is 4. The molecule has 0 radical (unpaired) electrons. The van der Waals surface area contributed by atoms with Crippen LogP contribution in [0.1, 0.15) is 29.3 Å². The number of ether oxygens (including phenoxy) is 2. The predicted molar refractivity (Wildman–Crippen MR) is 116 cm³/mol. The van der Waals surface area contributed by atoms with E-state index in [1.54, 1.807) is 48.5 Å². The van der Waals surface area contributed by atoms with Gasteiger partial charge >= 0.3 is 5.97 Å². The van der Waals surface area contributed by atoms with Crippen LogP contribution in [0.25, 0.3) is 0 Å². The number of amides is 3. The lowest BCUT2D eigenvalue weighted by atomic mass is 10.1. The van der Waals surface area contributed by atoms with E-state index < -0.39 is 36.2 Å². The summed E-state index contributed by atoms with van der Waals surface area (Å²) in [6.45, 7) is 3.82. The van der Waals surface area contributed by atoms with Crippen molar-refractivity contribution in [2.24, 2.45) is 5.92 Å². The number of hydrogen-bond acceptors (Lipinski definition) is 6. The monoisotopic (exact) mass is 439 g/mol. The average Bonchev–Trinajstić information content (AvgIpc) is 3.14. The number of hydrogen-bond donors (Lipinski definition) is 2. The zero-order valence-electron chi connectivity index (χ0n) is 17.9. The number of benzene rings is 2. The Labute approximate surface area is 185 Å². The van der Waals surface area contributed by atoms with Crippen molar-refractivity contribution >= 4 is 29.4 Å². The van der Waals surface area contributed by atoms with E-state index in [1.165, 1.54) is 0 Å². The fourth-order valence-electron chi connectivity index (χ4n) is 3.12. The maximum absolute atomic E-state index is 12.3. The van der Waals surface area contributed by atoms with Crippen LogP contribution in [0.4, 0.5) is 5.69 Å². The van der Waals surface area contributed by atoms with E-state index in [1.807, 2.05) is 13.8 Å². The standard InChI is InChI=1S/C23H25N3O6/c1-3-31-19-10-8-18(9-11-19)24-20(27)14-32-23(30)17-12-21(28)26(13-17)25-22(29)16-6-4-15(2)5-7-16/h4-11,17H,3,12-14H2,1-2H3,(H,24,27)(H,25,29)/t17-/m0/s1. The first-order valence-electron chi connectivity index (χ1n) is 10.2. The number of rotatable bonds is 8. The Hall–Kier alpha value is -3.88. The third kappa shape index (κ3) is 6.07. The first-order valence-corrected chi connectivity index (χ1v) is 10.2. The fraction of sp³-hybridized carbons (Fsp3) is 0.304. The molecule has 0 aromatic heterocycles. The Morgan fingerprint density at radius 2 is 1.75 bits per heavy atom. The van der Waals surface area contributed by atoms with Gasteiger partial charge in [0.15, 0.2) is 6.61 Å². The molecular formula is C23H25N3O6. The summed E-state index contributed by atoms with van der Waals surface area (Å²) in [5.41, 5.74) is 4.46. The minimum Gasteiger partial charge on any atom is -0.494 e. The van der Waals surface area contributed by atoms with E-state index in [2.05, 4.69) is 10.7 Å². The molecule has 0 spiro atoms. The summed E-state index contributed by atoms with van der Waals surface area (Å²) in [4.78, 5) is 48.8. The van der Waals surface area contributed by atoms with Crippen molar-refractivity contribution in [2.45, 2.75) is 20.3 Å². The van der Waals surface area contributed by atoms with Crippen LogP contribution >= 0.6 is 0 Å². The molecule has 1 heterocycles. The number of aryl methyl sites for hydroxylation is 1. The molecule has 2 N–H and O–H groups in total. The van der Waals surface area contributed by atoms with Crippen molar-refractivity contribution in [3.8, 4) is 5.75 Å². The van der Waals surface area contributed by atoms with Gasteiger partial charge in [0.05, 0.1) is 19.1 Å². The van der Waals surface area contributed by atoms with Crippen LogP contribution in [-0.4, -0.2) is 48.5 Å². The van der Waals surface area contributed by atoms with Gasteiger partial charge in [-0.2, -0.15) is 0 Å². The van der Waals surface area contributed by atoms with Crippen LogP contribution in [0.15, 0.2) is 48.5 Å².